The van der Waals surface area contributed by atoms with Crippen LogP contribution in [0.15, 0.2) is 59.4 Å². The summed E-state index contributed by atoms with van der Waals surface area (Å²) in [5, 5.41) is 8.28. The highest BCUT2D eigenvalue weighted by atomic mass is 35.6. The SMILES string of the molecule is Cc1cccc(C(=O)N[C@@H](NC(=S)Nc2c(C)n(C)n(-c3ccccc3)c2=O)C(Cl)(Cl)Cl)c1. The van der Waals surface area contributed by atoms with Crippen molar-refractivity contribution in [1.29, 1.82) is 0 Å². The number of rotatable bonds is 5. The first-order valence-corrected chi connectivity index (χ1v) is 11.4. The lowest BCUT2D eigenvalue weighted by Gasteiger charge is -2.27. The summed E-state index contributed by atoms with van der Waals surface area (Å²) in [5.74, 6) is -0.451. The van der Waals surface area contributed by atoms with Crippen LogP contribution in [0.4, 0.5) is 5.69 Å². The minimum absolute atomic E-state index is 0.00174. The number of nitrogens with one attached hydrogen (secondary N) is 3. The van der Waals surface area contributed by atoms with Crippen LogP contribution in [-0.2, 0) is 7.05 Å². The van der Waals surface area contributed by atoms with Gasteiger partial charge in [0.25, 0.3) is 11.5 Å². The van der Waals surface area contributed by atoms with E-state index in [1.54, 1.807) is 36.9 Å². The van der Waals surface area contributed by atoms with Crippen LogP contribution in [-0.4, -0.2) is 30.3 Å². The lowest BCUT2D eigenvalue weighted by molar-refractivity contribution is 0.0934. The molecule has 1 amide bonds. The predicted molar refractivity (Wildman–Crippen MR) is 138 cm³/mol. The molecule has 0 saturated carbocycles. The molecule has 1 heterocycles. The van der Waals surface area contributed by atoms with Crippen molar-refractivity contribution in [3.63, 3.8) is 0 Å². The number of benzene rings is 2. The van der Waals surface area contributed by atoms with Crippen molar-refractivity contribution in [2.24, 2.45) is 7.05 Å². The number of carbonyl (C=O) groups is 1. The summed E-state index contributed by atoms with van der Waals surface area (Å²) < 4.78 is 1.28. The molecule has 7 nitrogen and oxygen atoms in total. The lowest BCUT2D eigenvalue weighted by atomic mass is 10.1. The summed E-state index contributed by atoms with van der Waals surface area (Å²) in [6, 6.07) is 16.2. The van der Waals surface area contributed by atoms with Gasteiger partial charge in [-0.05, 0) is 50.3 Å². The summed E-state index contributed by atoms with van der Waals surface area (Å²) in [4.78, 5) is 25.7. The van der Waals surface area contributed by atoms with Crippen molar-refractivity contribution in [2.45, 2.75) is 23.8 Å². The van der Waals surface area contributed by atoms with E-state index in [1.165, 1.54) is 4.68 Å². The molecular formula is C22H22Cl3N5O2S. The van der Waals surface area contributed by atoms with Gasteiger partial charge in [-0.2, -0.15) is 0 Å². The van der Waals surface area contributed by atoms with E-state index in [9.17, 15) is 9.59 Å². The molecule has 33 heavy (non-hydrogen) atoms. The predicted octanol–water partition coefficient (Wildman–Crippen LogP) is 4.21. The van der Waals surface area contributed by atoms with Gasteiger partial charge in [-0.25, -0.2) is 4.68 Å². The highest BCUT2D eigenvalue weighted by Gasteiger charge is 2.35. The monoisotopic (exact) mass is 525 g/mol. The Kier molecular flexibility index (Phi) is 7.74. The first kappa shape index (κ1) is 25.1. The van der Waals surface area contributed by atoms with Crippen LogP contribution < -0.4 is 21.5 Å². The Morgan fingerprint density at radius 1 is 1.03 bits per heavy atom. The average Bonchev–Trinajstić information content (AvgIpc) is 2.96. The van der Waals surface area contributed by atoms with Crippen molar-refractivity contribution in [3.05, 3.63) is 81.8 Å². The maximum atomic E-state index is 13.1. The summed E-state index contributed by atoms with van der Waals surface area (Å²) in [5.41, 5.74) is 2.60. The highest BCUT2D eigenvalue weighted by Crippen LogP contribution is 2.29. The summed E-state index contributed by atoms with van der Waals surface area (Å²) in [6.45, 7) is 3.64. The van der Waals surface area contributed by atoms with Gasteiger partial charge in [0.2, 0.25) is 3.79 Å². The number of aryl methyl sites for hydroxylation is 1. The fourth-order valence-corrected chi connectivity index (χ4v) is 3.74. The minimum Gasteiger partial charge on any atom is -0.339 e. The molecule has 3 aromatic rings. The Labute approximate surface area is 211 Å². The maximum Gasteiger partial charge on any atom is 0.295 e. The minimum atomic E-state index is -1.93. The molecule has 0 saturated heterocycles. The van der Waals surface area contributed by atoms with Gasteiger partial charge in [-0.15, -0.1) is 0 Å². The average molecular weight is 527 g/mol. The van der Waals surface area contributed by atoms with Gasteiger partial charge in [-0.3, -0.25) is 14.3 Å². The quantitative estimate of drug-likeness (QED) is 0.264. The van der Waals surface area contributed by atoms with Crippen molar-refractivity contribution in [1.82, 2.24) is 20.0 Å². The van der Waals surface area contributed by atoms with E-state index in [-0.39, 0.29) is 16.4 Å². The molecule has 0 fully saturated rings. The van der Waals surface area contributed by atoms with Gasteiger partial charge in [-0.1, -0.05) is 70.7 Å². The molecule has 3 rings (SSSR count). The molecular weight excluding hydrogens is 505 g/mol. The van der Waals surface area contributed by atoms with Crippen LogP contribution in [0.2, 0.25) is 0 Å². The third-order valence-electron chi connectivity index (χ3n) is 4.95. The van der Waals surface area contributed by atoms with Crippen molar-refractivity contribution in [2.75, 3.05) is 5.32 Å². The normalized spacial score (nSPS) is 12.2. The van der Waals surface area contributed by atoms with Gasteiger partial charge in [0, 0.05) is 12.6 Å². The number of alkyl halides is 3. The number of thiocarbonyl (C=S) groups is 1. The number of hydrogen-bond donors (Lipinski definition) is 3. The first-order chi connectivity index (χ1) is 15.5. The van der Waals surface area contributed by atoms with Crippen LogP contribution >= 0.6 is 47.0 Å². The number of nitrogens with zero attached hydrogens (tertiary/aromatic N) is 2. The zero-order valence-corrected chi connectivity index (χ0v) is 21.1. The Morgan fingerprint density at radius 3 is 2.30 bits per heavy atom. The number of anilines is 1. The Bertz CT molecular complexity index is 1240. The molecule has 0 aliphatic carbocycles. The Hall–Kier alpha value is -2.52. The maximum absolute atomic E-state index is 13.1. The highest BCUT2D eigenvalue weighted by molar-refractivity contribution is 7.80. The van der Waals surface area contributed by atoms with Gasteiger partial charge < -0.3 is 16.0 Å². The Morgan fingerprint density at radius 2 is 1.70 bits per heavy atom. The van der Waals surface area contributed by atoms with E-state index in [0.717, 1.165) is 5.56 Å². The second kappa shape index (κ2) is 10.2. The molecule has 3 N–H and O–H groups in total. The standard InChI is InChI=1S/C22H22Cl3N5O2S/c1-13-8-7-9-15(12-13)18(31)27-20(22(23,24)25)28-21(33)26-17-14(2)29(3)30(19(17)32)16-10-5-4-6-11-16/h4-12,20H,1-3H3,(H,27,31)(H2,26,28,33)/t20-/m0/s1. The lowest BCUT2D eigenvalue weighted by Crippen LogP contribution is -2.56. The molecule has 0 bridgehead atoms. The van der Waals surface area contributed by atoms with Crippen LogP contribution in [0.25, 0.3) is 5.69 Å². The van der Waals surface area contributed by atoms with Crippen molar-refractivity contribution in [3.8, 4) is 5.69 Å². The third-order valence-corrected chi connectivity index (χ3v) is 5.83. The van der Waals surface area contributed by atoms with E-state index in [4.69, 9.17) is 47.0 Å². The van der Waals surface area contributed by atoms with Crippen molar-refractivity contribution < 1.29 is 4.79 Å². The molecule has 11 heteroatoms. The number of para-hydroxylation sites is 1. The molecule has 1 aromatic heterocycles. The fraction of sp³-hybridized carbons (Fsp3) is 0.227. The summed E-state index contributed by atoms with van der Waals surface area (Å²) in [6.07, 6.45) is -1.17. The van der Waals surface area contributed by atoms with Crippen LogP contribution in [0.1, 0.15) is 21.6 Å². The van der Waals surface area contributed by atoms with E-state index in [0.29, 0.717) is 16.9 Å². The number of amides is 1. The second-order valence-electron chi connectivity index (χ2n) is 7.35. The zero-order chi connectivity index (χ0) is 24.3. The molecule has 0 aliphatic rings. The topological polar surface area (TPSA) is 80.1 Å². The number of hydrogen-bond acceptors (Lipinski definition) is 3. The largest absolute Gasteiger partial charge is 0.339 e. The zero-order valence-electron chi connectivity index (χ0n) is 18.0. The summed E-state index contributed by atoms with van der Waals surface area (Å²) in [7, 11) is 1.76. The molecule has 2 aromatic carbocycles. The molecule has 0 radical (unpaired) electrons. The number of aromatic nitrogens is 2. The second-order valence-corrected chi connectivity index (χ2v) is 10.1. The van der Waals surface area contributed by atoms with Gasteiger partial charge in [0.15, 0.2) is 5.11 Å². The van der Waals surface area contributed by atoms with E-state index in [2.05, 4.69) is 16.0 Å². The molecule has 0 spiro atoms. The summed E-state index contributed by atoms with van der Waals surface area (Å²) >= 11 is 23.6. The number of halogens is 3. The first-order valence-electron chi connectivity index (χ1n) is 9.85. The van der Waals surface area contributed by atoms with Gasteiger partial charge >= 0.3 is 0 Å². The number of carbonyl (C=O) groups excluding carboxylic acids is 1. The van der Waals surface area contributed by atoms with E-state index in [1.807, 2.05) is 43.3 Å². The molecule has 1 atom stereocenters. The molecule has 174 valence electrons. The fourth-order valence-electron chi connectivity index (χ4n) is 3.19. The molecule has 0 unspecified atom stereocenters. The molecule has 0 aliphatic heterocycles. The Balaban J connectivity index is 1.80. The smallest absolute Gasteiger partial charge is 0.295 e. The van der Waals surface area contributed by atoms with Crippen LogP contribution in [0.3, 0.4) is 0 Å². The van der Waals surface area contributed by atoms with Crippen LogP contribution in [0.5, 0.6) is 0 Å². The van der Waals surface area contributed by atoms with Crippen LogP contribution in [0, 0.1) is 13.8 Å². The third kappa shape index (κ3) is 5.89. The van der Waals surface area contributed by atoms with E-state index < -0.39 is 15.9 Å². The van der Waals surface area contributed by atoms with Crippen molar-refractivity contribution >= 4 is 63.7 Å². The van der Waals surface area contributed by atoms with E-state index >= 15 is 0 Å². The van der Waals surface area contributed by atoms with Gasteiger partial charge in [0.1, 0.15) is 11.9 Å². The van der Waals surface area contributed by atoms with Gasteiger partial charge in [0.05, 0.1) is 11.4 Å².